The third kappa shape index (κ3) is 4.16. The highest BCUT2D eigenvalue weighted by Crippen LogP contribution is 2.42. The van der Waals surface area contributed by atoms with Crippen molar-refractivity contribution in [2.45, 2.75) is 51.3 Å². The molecule has 204 valence electrons. The van der Waals surface area contributed by atoms with Crippen molar-refractivity contribution in [3.05, 3.63) is 82.2 Å². The number of methoxy groups -OCH3 is 1. The van der Waals surface area contributed by atoms with Crippen molar-refractivity contribution < 1.29 is 23.9 Å². The summed E-state index contributed by atoms with van der Waals surface area (Å²) < 4.78 is 11.8. The zero-order chi connectivity index (χ0) is 28.1. The molecule has 2 aliphatic heterocycles. The van der Waals surface area contributed by atoms with Gasteiger partial charge in [0, 0.05) is 23.5 Å². The summed E-state index contributed by atoms with van der Waals surface area (Å²) in [5, 5.41) is 7.57. The standard InChI is InChI=1S/C30H29N5O5/c1-16-20-9-7-17(15-34-28(36)22-13-24(27(31)32)33-14-23(22)29(34)37)11-21(20)30(38)35(16)18-8-10-25(39-2)26(12-18)40-19-5-3-4-6-19/h7-14,16,19H,3-6,15H2,1-2H3,(H3,31,32). The van der Waals surface area contributed by atoms with Crippen molar-refractivity contribution in [1.82, 2.24) is 9.88 Å². The van der Waals surface area contributed by atoms with E-state index in [-0.39, 0.29) is 47.3 Å². The fraction of sp³-hybridized carbons (Fsp3) is 0.300. The molecule has 1 aromatic heterocycles. The number of aromatic nitrogens is 1. The third-order valence-electron chi connectivity index (χ3n) is 7.90. The Bertz CT molecular complexity index is 1580. The number of imide groups is 1. The molecule has 1 unspecified atom stereocenters. The van der Waals surface area contributed by atoms with E-state index in [1.54, 1.807) is 18.1 Å². The number of amidine groups is 1. The van der Waals surface area contributed by atoms with E-state index in [2.05, 4.69) is 4.98 Å². The van der Waals surface area contributed by atoms with Gasteiger partial charge in [0.25, 0.3) is 17.7 Å². The monoisotopic (exact) mass is 539 g/mol. The number of amides is 3. The van der Waals surface area contributed by atoms with Crippen LogP contribution in [0.25, 0.3) is 0 Å². The molecule has 3 amide bonds. The first kappa shape index (κ1) is 25.5. The summed E-state index contributed by atoms with van der Waals surface area (Å²) in [7, 11) is 1.60. The summed E-state index contributed by atoms with van der Waals surface area (Å²) in [4.78, 5) is 46.6. The van der Waals surface area contributed by atoms with Crippen molar-refractivity contribution >= 4 is 29.2 Å². The molecule has 6 rings (SSSR count). The number of nitrogens with one attached hydrogen (secondary N) is 1. The molecular formula is C30H29N5O5. The number of benzene rings is 2. The number of hydrogen-bond acceptors (Lipinski definition) is 7. The van der Waals surface area contributed by atoms with Gasteiger partial charge in [-0.1, -0.05) is 12.1 Å². The molecule has 1 aliphatic carbocycles. The highest BCUT2D eigenvalue weighted by atomic mass is 16.5. The fourth-order valence-electron chi connectivity index (χ4n) is 5.79. The summed E-state index contributed by atoms with van der Waals surface area (Å²) in [6, 6.07) is 12.1. The van der Waals surface area contributed by atoms with Crippen molar-refractivity contribution in [3.8, 4) is 11.5 Å². The Labute approximate surface area is 231 Å². The maximum absolute atomic E-state index is 13.7. The van der Waals surface area contributed by atoms with Crippen LogP contribution in [-0.2, 0) is 6.54 Å². The molecule has 3 aromatic rings. The first-order valence-corrected chi connectivity index (χ1v) is 13.3. The van der Waals surface area contributed by atoms with E-state index in [1.807, 2.05) is 37.3 Å². The van der Waals surface area contributed by atoms with Crippen molar-refractivity contribution in [3.63, 3.8) is 0 Å². The van der Waals surface area contributed by atoms with Gasteiger partial charge in [0.05, 0.1) is 36.9 Å². The molecule has 0 saturated heterocycles. The van der Waals surface area contributed by atoms with Gasteiger partial charge >= 0.3 is 0 Å². The smallest absolute Gasteiger partial charge is 0.263 e. The van der Waals surface area contributed by atoms with E-state index in [4.69, 9.17) is 20.6 Å². The lowest BCUT2D eigenvalue weighted by molar-refractivity contribution is 0.0642. The minimum absolute atomic E-state index is 0.00138. The first-order valence-electron chi connectivity index (χ1n) is 13.3. The van der Waals surface area contributed by atoms with Crippen molar-refractivity contribution in [2.24, 2.45) is 5.73 Å². The highest BCUT2D eigenvalue weighted by Gasteiger charge is 2.38. The van der Waals surface area contributed by atoms with Crippen molar-refractivity contribution in [2.75, 3.05) is 12.0 Å². The van der Waals surface area contributed by atoms with Crippen LogP contribution >= 0.6 is 0 Å². The molecule has 1 saturated carbocycles. The molecule has 1 fully saturated rings. The van der Waals surface area contributed by atoms with Crippen LogP contribution in [-0.4, -0.2) is 46.7 Å². The molecule has 3 aliphatic rings. The largest absolute Gasteiger partial charge is 0.493 e. The summed E-state index contributed by atoms with van der Waals surface area (Å²) in [5.41, 5.74) is 8.70. The van der Waals surface area contributed by atoms with E-state index < -0.39 is 11.8 Å². The van der Waals surface area contributed by atoms with Crippen LogP contribution in [0.1, 0.15) is 86.5 Å². The number of nitrogen functional groups attached to an aromatic ring is 1. The lowest BCUT2D eigenvalue weighted by Crippen LogP contribution is -2.29. The van der Waals surface area contributed by atoms with Crippen LogP contribution < -0.4 is 20.1 Å². The lowest BCUT2D eigenvalue weighted by atomic mass is 10.0. The van der Waals surface area contributed by atoms with Gasteiger partial charge in [0.15, 0.2) is 11.5 Å². The SMILES string of the molecule is COc1ccc(N2C(=O)c3cc(CN4C(=O)c5cnc(C(=N)N)cc5C4=O)ccc3C2C)cc1OC1CCCC1. The number of carbonyl (C=O) groups excluding carboxylic acids is 3. The highest BCUT2D eigenvalue weighted by molar-refractivity contribution is 6.21. The van der Waals surface area contributed by atoms with Crippen molar-refractivity contribution in [1.29, 1.82) is 5.41 Å². The summed E-state index contributed by atoms with van der Waals surface area (Å²) in [5.74, 6) is -0.166. The van der Waals surface area contributed by atoms with Crippen LogP contribution in [0.2, 0.25) is 0 Å². The van der Waals surface area contributed by atoms with Crippen LogP contribution in [0, 0.1) is 5.41 Å². The summed E-state index contributed by atoms with van der Waals surface area (Å²) in [6.07, 6.45) is 5.70. The molecule has 40 heavy (non-hydrogen) atoms. The van der Waals surface area contributed by atoms with Crippen LogP contribution in [0.3, 0.4) is 0 Å². The Morgan fingerprint density at radius 1 is 0.975 bits per heavy atom. The predicted molar refractivity (Wildman–Crippen MR) is 147 cm³/mol. The Morgan fingerprint density at radius 3 is 2.45 bits per heavy atom. The number of rotatable bonds is 7. The predicted octanol–water partition coefficient (Wildman–Crippen LogP) is 4.21. The Balaban J connectivity index is 1.25. The van der Waals surface area contributed by atoms with Gasteiger partial charge in [-0.2, -0.15) is 0 Å². The molecule has 10 nitrogen and oxygen atoms in total. The van der Waals surface area contributed by atoms with Gasteiger partial charge < -0.3 is 20.1 Å². The number of pyridine rings is 1. The number of nitrogens with zero attached hydrogens (tertiary/aromatic N) is 3. The molecule has 1 atom stereocenters. The molecule has 3 N–H and O–H groups in total. The van der Waals surface area contributed by atoms with E-state index in [0.29, 0.717) is 28.3 Å². The Morgan fingerprint density at radius 2 is 1.73 bits per heavy atom. The molecule has 0 bridgehead atoms. The van der Waals surface area contributed by atoms with Gasteiger partial charge in [-0.3, -0.25) is 29.7 Å². The minimum atomic E-state index is -0.486. The number of anilines is 1. The van der Waals surface area contributed by atoms with Gasteiger partial charge in [-0.05, 0) is 68.0 Å². The quantitative estimate of drug-likeness (QED) is 0.260. The number of carbonyl (C=O) groups is 3. The average molecular weight is 540 g/mol. The van der Waals surface area contributed by atoms with Gasteiger partial charge in [0.1, 0.15) is 11.5 Å². The van der Waals surface area contributed by atoms with Gasteiger partial charge in [-0.25, -0.2) is 0 Å². The van der Waals surface area contributed by atoms with Gasteiger partial charge in [0.2, 0.25) is 0 Å². The van der Waals surface area contributed by atoms with Crippen LogP contribution in [0.15, 0.2) is 48.7 Å². The number of hydrogen-bond donors (Lipinski definition) is 2. The minimum Gasteiger partial charge on any atom is -0.493 e. The van der Waals surface area contributed by atoms with E-state index in [0.717, 1.165) is 36.1 Å². The zero-order valence-electron chi connectivity index (χ0n) is 22.3. The first-order chi connectivity index (χ1) is 19.3. The fourth-order valence-corrected chi connectivity index (χ4v) is 5.79. The van der Waals surface area contributed by atoms with E-state index >= 15 is 0 Å². The summed E-state index contributed by atoms with van der Waals surface area (Å²) >= 11 is 0. The second-order valence-corrected chi connectivity index (χ2v) is 10.4. The molecule has 2 aromatic carbocycles. The second kappa shape index (κ2) is 9.78. The van der Waals surface area contributed by atoms with Gasteiger partial charge in [-0.15, -0.1) is 0 Å². The van der Waals surface area contributed by atoms with E-state index in [1.165, 1.54) is 12.3 Å². The van der Waals surface area contributed by atoms with E-state index in [9.17, 15) is 14.4 Å². The summed E-state index contributed by atoms with van der Waals surface area (Å²) in [6.45, 7) is 1.97. The number of fused-ring (bicyclic) bond motifs is 2. The topological polar surface area (TPSA) is 139 Å². The maximum atomic E-state index is 13.7. The molecular weight excluding hydrogens is 510 g/mol. The molecule has 3 heterocycles. The Hall–Kier alpha value is -4.73. The van der Waals surface area contributed by atoms with Crippen LogP contribution in [0.5, 0.6) is 11.5 Å². The second-order valence-electron chi connectivity index (χ2n) is 10.4. The average Bonchev–Trinajstić information content (AvgIpc) is 3.62. The molecule has 0 radical (unpaired) electrons. The lowest BCUT2D eigenvalue weighted by Gasteiger charge is -2.24. The normalized spacial score (nSPS) is 18.4. The maximum Gasteiger partial charge on any atom is 0.263 e. The number of nitrogens with two attached hydrogens (primary N) is 1. The van der Waals surface area contributed by atoms with Crippen LogP contribution in [0.4, 0.5) is 5.69 Å². The third-order valence-corrected chi connectivity index (χ3v) is 7.90. The number of ether oxygens (including phenoxy) is 2. The molecule has 10 heteroatoms. The Kier molecular flexibility index (Phi) is 6.25. The zero-order valence-corrected chi connectivity index (χ0v) is 22.3. The molecule has 0 spiro atoms.